The molecule has 3 aromatic rings. The van der Waals surface area contributed by atoms with Gasteiger partial charge in [0.15, 0.2) is 0 Å². The molecule has 1 aromatic carbocycles. The second-order valence-electron chi connectivity index (χ2n) is 3.72. The number of hydrogen-bond acceptors (Lipinski definition) is 6. The minimum absolute atomic E-state index is 0.673. The molecular weight excluding hydrogens is 244 g/mol. The normalized spacial score (nSPS) is 11.6. The smallest absolute Gasteiger partial charge is 0.263 e. The number of nitrogens with one attached hydrogen (secondary N) is 2. The molecule has 3 rings (SSSR count). The second-order valence-corrected chi connectivity index (χ2v) is 3.72. The zero-order chi connectivity index (χ0) is 13.2. The second kappa shape index (κ2) is 2.86. The van der Waals surface area contributed by atoms with Gasteiger partial charge in [0.25, 0.3) is 22.2 Å². The lowest BCUT2D eigenvalue weighted by atomic mass is 10.1. The van der Waals surface area contributed by atoms with Gasteiger partial charge in [-0.25, -0.2) is 0 Å². The van der Waals surface area contributed by atoms with Crippen LogP contribution >= 0.6 is 0 Å². The Hall–Kier alpha value is -2.90. The number of H-pyrrole nitrogens is 2. The van der Waals surface area contributed by atoms with Gasteiger partial charge in [-0.1, -0.05) is 0 Å². The lowest BCUT2D eigenvalue weighted by Gasteiger charge is -1.85. The highest BCUT2D eigenvalue weighted by atomic mass is 16.2. The van der Waals surface area contributed by atoms with Crippen LogP contribution in [0.4, 0.5) is 0 Å². The summed E-state index contributed by atoms with van der Waals surface area (Å²) < 4.78 is 0. The summed E-state index contributed by atoms with van der Waals surface area (Å²) in [6.07, 6.45) is 0. The summed E-state index contributed by atoms with van der Waals surface area (Å²) in [4.78, 5) is 72.7. The van der Waals surface area contributed by atoms with Crippen molar-refractivity contribution >= 4 is 21.5 Å². The van der Waals surface area contributed by atoms with E-state index in [0.29, 0.717) is 0 Å². The molecule has 0 amide bonds. The van der Waals surface area contributed by atoms with Crippen molar-refractivity contribution in [2.24, 2.45) is 0 Å². The number of fused-ring (bicyclic) bond motifs is 2. The average molecular weight is 246 g/mol. The maximum Gasteiger partial charge on any atom is 0.263 e. The number of hydrogen-bond donors (Lipinski definition) is 2. The summed E-state index contributed by atoms with van der Waals surface area (Å²) in [5.74, 6) is 0. The molecule has 0 atom stereocenters. The van der Waals surface area contributed by atoms with Crippen LogP contribution in [0.2, 0.25) is 0 Å². The van der Waals surface area contributed by atoms with Crippen molar-refractivity contribution in [2.75, 3.05) is 0 Å². The van der Waals surface area contributed by atoms with Crippen LogP contribution in [0.3, 0.4) is 0 Å². The van der Waals surface area contributed by atoms with Crippen molar-refractivity contribution in [3.8, 4) is 0 Å². The van der Waals surface area contributed by atoms with Crippen LogP contribution in [0.5, 0.6) is 0 Å². The van der Waals surface area contributed by atoms with Gasteiger partial charge >= 0.3 is 0 Å². The van der Waals surface area contributed by atoms with Gasteiger partial charge in [0.1, 0.15) is 21.5 Å². The fourth-order valence-electron chi connectivity index (χ4n) is 2.03. The van der Waals surface area contributed by atoms with E-state index in [4.69, 9.17) is 0 Å². The lowest BCUT2D eigenvalue weighted by molar-refractivity contribution is 1.25. The Balaban J connectivity index is 3.06. The molecule has 0 radical (unpaired) electrons. The SMILES string of the molecule is O=c1[nH]c(=O)c2c(=O)c3c(=O)[nH]c(=O)c3c(=O)c12. The quantitative estimate of drug-likeness (QED) is 0.437. The van der Waals surface area contributed by atoms with Gasteiger partial charge in [-0.2, -0.15) is 0 Å². The minimum Gasteiger partial charge on any atom is -0.288 e. The van der Waals surface area contributed by atoms with Crippen molar-refractivity contribution in [2.45, 2.75) is 0 Å². The highest BCUT2D eigenvalue weighted by molar-refractivity contribution is 5.97. The first-order chi connectivity index (χ1) is 8.43. The molecule has 0 unspecified atom stereocenters. The molecule has 8 heteroatoms. The molecule has 0 bridgehead atoms. The number of aromatic amines is 2. The van der Waals surface area contributed by atoms with Gasteiger partial charge in [-0.3, -0.25) is 38.7 Å². The molecule has 0 aliphatic rings. The standard InChI is InChI=1S/C10H2N2O6/c13-5-1-2(8(16)11-7(1)15)6(14)4-3(5)9(17)12-10(4)18/h(H,11,15,16)(H,12,17,18). The largest absolute Gasteiger partial charge is 0.288 e. The molecule has 0 spiro atoms. The van der Waals surface area contributed by atoms with Crippen LogP contribution in [0, 0.1) is 0 Å². The predicted octanol–water partition coefficient (Wildman–Crippen LogP) is -2.88. The van der Waals surface area contributed by atoms with Gasteiger partial charge < -0.3 is 0 Å². The number of benzene rings is 1. The molecule has 2 heterocycles. The van der Waals surface area contributed by atoms with E-state index in [2.05, 4.69) is 0 Å². The third kappa shape index (κ3) is 0.943. The van der Waals surface area contributed by atoms with E-state index < -0.39 is 54.6 Å². The molecule has 2 N–H and O–H groups in total. The van der Waals surface area contributed by atoms with Crippen molar-refractivity contribution in [3.05, 3.63) is 61.9 Å². The van der Waals surface area contributed by atoms with E-state index in [9.17, 15) is 28.8 Å². The van der Waals surface area contributed by atoms with Crippen LogP contribution in [0.25, 0.3) is 21.5 Å². The van der Waals surface area contributed by atoms with Crippen LogP contribution in [0.15, 0.2) is 28.8 Å². The third-order valence-corrected chi connectivity index (χ3v) is 2.77. The number of aromatic nitrogens is 2. The zero-order valence-electron chi connectivity index (χ0n) is 8.45. The average Bonchev–Trinajstić information content (AvgIpc) is 2.73. The first-order valence-corrected chi connectivity index (χ1v) is 4.72. The summed E-state index contributed by atoms with van der Waals surface area (Å²) >= 11 is 0. The van der Waals surface area contributed by atoms with Gasteiger partial charge in [0.2, 0.25) is 10.9 Å². The summed E-state index contributed by atoms with van der Waals surface area (Å²) in [5, 5.41) is -2.69. The molecule has 0 aliphatic carbocycles. The van der Waals surface area contributed by atoms with Gasteiger partial charge in [0.05, 0.1) is 0 Å². The minimum atomic E-state index is -1.08. The van der Waals surface area contributed by atoms with Crippen LogP contribution in [-0.2, 0) is 0 Å². The van der Waals surface area contributed by atoms with E-state index >= 15 is 0 Å². The molecule has 0 aliphatic heterocycles. The van der Waals surface area contributed by atoms with E-state index in [1.807, 2.05) is 0 Å². The predicted molar refractivity (Wildman–Crippen MR) is 61.3 cm³/mol. The maximum atomic E-state index is 11.9. The van der Waals surface area contributed by atoms with E-state index in [-0.39, 0.29) is 0 Å². The zero-order valence-corrected chi connectivity index (χ0v) is 8.45. The Kier molecular flexibility index (Phi) is 1.63. The maximum absolute atomic E-state index is 11.9. The molecular formula is C10H2N2O6. The van der Waals surface area contributed by atoms with Crippen molar-refractivity contribution in [3.63, 3.8) is 0 Å². The van der Waals surface area contributed by atoms with Crippen LogP contribution in [0.1, 0.15) is 0 Å². The fraction of sp³-hybridized carbons (Fsp3) is 0. The van der Waals surface area contributed by atoms with Gasteiger partial charge in [0, 0.05) is 0 Å². The summed E-state index contributed by atoms with van der Waals surface area (Å²) in [6.45, 7) is 0. The molecule has 0 fully saturated rings. The highest BCUT2D eigenvalue weighted by Gasteiger charge is 2.22. The van der Waals surface area contributed by atoms with E-state index in [0.717, 1.165) is 0 Å². The summed E-state index contributed by atoms with van der Waals surface area (Å²) in [6, 6.07) is 0. The lowest BCUT2D eigenvalue weighted by Crippen LogP contribution is -2.21. The summed E-state index contributed by atoms with van der Waals surface area (Å²) in [5.41, 5.74) is -6.30. The van der Waals surface area contributed by atoms with Crippen LogP contribution in [-0.4, -0.2) is 9.97 Å². The molecule has 0 saturated carbocycles. The Morgan fingerprint density at radius 3 is 0.889 bits per heavy atom. The van der Waals surface area contributed by atoms with Crippen molar-refractivity contribution < 1.29 is 0 Å². The third-order valence-electron chi connectivity index (χ3n) is 2.77. The Morgan fingerprint density at radius 2 is 0.667 bits per heavy atom. The van der Waals surface area contributed by atoms with E-state index in [1.165, 1.54) is 0 Å². The van der Waals surface area contributed by atoms with E-state index in [1.54, 1.807) is 9.97 Å². The van der Waals surface area contributed by atoms with Crippen molar-refractivity contribution in [1.29, 1.82) is 0 Å². The fourth-order valence-corrected chi connectivity index (χ4v) is 2.03. The Labute approximate surface area is 94.2 Å². The molecule has 88 valence electrons. The monoisotopic (exact) mass is 246 g/mol. The molecule has 18 heavy (non-hydrogen) atoms. The first kappa shape index (κ1) is 10.3. The molecule has 0 saturated heterocycles. The molecule has 8 nitrogen and oxygen atoms in total. The highest BCUT2D eigenvalue weighted by Crippen LogP contribution is 1.99. The Morgan fingerprint density at radius 1 is 0.444 bits per heavy atom. The molecule has 2 aromatic heterocycles. The van der Waals surface area contributed by atoms with Gasteiger partial charge in [-0.15, -0.1) is 0 Å². The summed E-state index contributed by atoms with van der Waals surface area (Å²) in [7, 11) is 0. The topological polar surface area (TPSA) is 134 Å². The van der Waals surface area contributed by atoms with Gasteiger partial charge in [-0.05, 0) is 0 Å². The Bertz CT molecular complexity index is 954. The first-order valence-electron chi connectivity index (χ1n) is 4.72. The van der Waals surface area contributed by atoms with Crippen LogP contribution < -0.4 is 33.1 Å². The number of rotatable bonds is 0. The van der Waals surface area contributed by atoms with Crippen molar-refractivity contribution in [1.82, 2.24) is 9.97 Å².